The molecule has 0 atom stereocenters. The minimum atomic E-state index is -3.63. The molecule has 1 saturated heterocycles. The molecule has 9 heteroatoms. The number of nitrogens with zero attached hydrogens (tertiary/aromatic N) is 2. The average molecular weight is 398 g/mol. The van der Waals surface area contributed by atoms with Crippen molar-refractivity contribution in [2.45, 2.75) is 25.7 Å². The molecule has 1 heterocycles. The molecule has 1 amide bonds. The number of sulfonamides is 1. The molecule has 1 aromatic rings. The van der Waals surface area contributed by atoms with E-state index >= 15 is 0 Å². The topological polar surface area (TPSA) is 93.2 Å². The normalized spacial score (nSPS) is 15.6. The van der Waals surface area contributed by atoms with Crippen molar-refractivity contribution in [1.29, 1.82) is 0 Å². The lowest BCUT2D eigenvalue weighted by molar-refractivity contribution is -0.155. The highest BCUT2D eigenvalue weighted by Gasteiger charge is 2.30. The first kappa shape index (κ1) is 21.2. The molecule has 0 aromatic heterocycles. The summed E-state index contributed by atoms with van der Waals surface area (Å²) < 4.78 is 37.1. The number of piperazine rings is 1. The fourth-order valence-corrected chi connectivity index (χ4v) is 4.01. The van der Waals surface area contributed by atoms with Crippen LogP contribution in [-0.2, 0) is 24.3 Å². The van der Waals surface area contributed by atoms with Gasteiger partial charge in [0.15, 0.2) is 6.61 Å². The summed E-state index contributed by atoms with van der Waals surface area (Å²) >= 11 is 0. The number of hydrogen-bond donors (Lipinski definition) is 0. The van der Waals surface area contributed by atoms with Crippen LogP contribution in [0.25, 0.3) is 0 Å². The van der Waals surface area contributed by atoms with Gasteiger partial charge in [0.1, 0.15) is 5.75 Å². The van der Waals surface area contributed by atoms with Gasteiger partial charge in [0.25, 0.3) is 5.91 Å². The number of benzene rings is 1. The molecular weight excluding hydrogens is 372 g/mol. The maximum atomic E-state index is 12.7. The smallest absolute Gasteiger partial charge is 0.308 e. The van der Waals surface area contributed by atoms with Gasteiger partial charge in [-0.2, -0.15) is 4.31 Å². The molecule has 27 heavy (non-hydrogen) atoms. The second-order valence-electron chi connectivity index (χ2n) is 6.45. The molecule has 8 nitrogen and oxygen atoms in total. The summed E-state index contributed by atoms with van der Waals surface area (Å²) in [7, 11) is -3.63. The van der Waals surface area contributed by atoms with Gasteiger partial charge in [-0.25, -0.2) is 8.42 Å². The summed E-state index contributed by atoms with van der Waals surface area (Å²) in [5.41, 5.74) is 0. The van der Waals surface area contributed by atoms with Crippen LogP contribution in [0.15, 0.2) is 29.2 Å². The van der Waals surface area contributed by atoms with E-state index in [-0.39, 0.29) is 49.5 Å². The Labute approximate surface area is 160 Å². The van der Waals surface area contributed by atoms with Crippen LogP contribution >= 0.6 is 0 Å². The molecule has 0 N–H and O–H groups in total. The third-order valence-corrected chi connectivity index (χ3v) is 6.09. The summed E-state index contributed by atoms with van der Waals surface area (Å²) in [5, 5.41) is 0. The Morgan fingerprint density at radius 3 is 2.19 bits per heavy atom. The van der Waals surface area contributed by atoms with Crippen LogP contribution in [0.4, 0.5) is 0 Å². The van der Waals surface area contributed by atoms with E-state index in [9.17, 15) is 18.0 Å². The van der Waals surface area contributed by atoms with Gasteiger partial charge in [-0.3, -0.25) is 9.59 Å². The van der Waals surface area contributed by atoms with Crippen LogP contribution in [0.3, 0.4) is 0 Å². The van der Waals surface area contributed by atoms with Crippen molar-refractivity contribution in [2.75, 3.05) is 39.4 Å². The highest BCUT2D eigenvalue weighted by Crippen LogP contribution is 2.21. The maximum absolute atomic E-state index is 12.7. The number of hydrogen-bond acceptors (Lipinski definition) is 6. The van der Waals surface area contributed by atoms with Crippen molar-refractivity contribution in [3.63, 3.8) is 0 Å². The van der Waals surface area contributed by atoms with Crippen molar-refractivity contribution in [2.24, 2.45) is 5.92 Å². The third-order valence-electron chi connectivity index (χ3n) is 4.17. The van der Waals surface area contributed by atoms with Crippen molar-refractivity contribution < 1.29 is 27.5 Å². The first-order valence-corrected chi connectivity index (χ1v) is 10.4. The monoisotopic (exact) mass is 398 g/mol. The Balaban J connectivity index is 1.92. The number of carbonyl (C=O) groups is 2. The molecule has 2 rings (SSSR count). The van der Waals surface area contributed by atoms with E-state index < -0.39 is 16.0 Å². The predicted octanol–water partition coefficient (Wildman–Crippen LogP) is 1.12. The molecule has 0 unspecified atom stereocenters. The second kappa shape index (κ2) is 9.18. The predicted molar refractivity (Wildman–Crippen MR) is 98.7 cm³/mol. The van der Waals surface area contributed by atoms with E-state index in [4.69, 9.17) is 9.47 Å². The van der Waals surface area contributed by atoms with Gasteiger partial charge in [0.05, 0.1) is 17.4 Å². The van der Waals surface area contributed by atoms with Gasteiger partial charge in [-0.15, -0.1) is 0 Å². The van der Waals surface area contributed by atoms with Crippen LogP contribution in [0.5, 0.6) is 5.75 Å². The molecule has 1 fully saturated rings. The maximum Gasteiger partial charge on any atom is 0.308 e. The molecule has 150 valence electrons. The highest BCUT2D eigenvalue weighted by molar-refractivity contribution is 7.89. The zero-order chi connectivity index (χ0) is 20.0. The Bertz CT molecular complexity index is 753. The van der Waals surface area contributed by atoms with Crippen LogP contribution in [-0.4, -0.2) is 68.9 Å². The summed E-state index contributed by atoms with van der Waals surface area (Å²) in [6.45, 7) is 6.34. The number of carbonyl (C=O) groups excluding carboxylic acids is 2. The van der Waals surface area contributed by atoms with Crippen LogP contribution < -0.4 is 4.74 Å². The fraction of sp³-hybridized carbons (Fsp3) is 0.556. The molecule has 0 saturated carbocycles. The highest BCUT2D eigenvalue weighted by atomic mass is 32.2. The summed E-state index contributed by atoms with van der Waals surface area (Å²) in [6, 6.07) is 6.28. The van der Waals surface area contributed by atoms with Gasteiger partial charge < -0.3 is 14.4 Å². The first-order valence-electron chi connectivity index (χ1n) is 8.93. The molecular formula is C18H26N2O6S. The Morgan fingerprint density at radius 2 is 1.67 bits per heavy atom. The number of ether oxygens (including phenoxy) is 2. The Morgan fingerprint density at radius 1 is 1.07 bits per heavy atom. The molecule has 0 spiro atoms. The standard InChI is InChI=1S/C18H26N2O6S/c1-4-25-15-5-7-16(8-6-15)27(23,24)20-11-9-19(10-12-20)17(21)13-26-18(22)14(2)3/h5-8,14H,4,9-13H2,1-3H3. The first-order chi connectivity index (χ1) is 12.8. The third kappa shape index (κ3) is 5.43. The number of rotatable bonds is 7. The van der Waals surface area contributed by atoms with Crippen LogP contribution in [0.1, 0.15) is 20.8 Å². The van der Waals surface area contributed by atoms with Gasteiger partial charge in [0, 0.05) is 26.2 Å². The van der Waals surface area contributed by atoms with E-state index in [2.05, 4.69) is 0 Å². The summed E-state index contributed by atoms with van der Waals surface area (Å²) in [6.07, 6.45) is 0. The van der Waals surface area contributed by atoms with E-state index in [1.54, 1.807) is 26.0 Å². The van der Waals surface area contributed by atoms with E-state index in [0.29, 0.717) is 12.4 Å². The second-order valence-corrected chi connectivity index (χ2v) is 8.39. The van der Waals surface area contributed by atoms with E-state index in [0.717, 1.165) is 0 Å². The van der Waals surface area contributed by atoms with Crippen LogP contribution in [0.2, 0.25) is 0 Å². The summed E-state index contributed by atoms with van der Waals surface area (Å²) in [5.74, 6) is -0.432. The zero-order valence-corrected chi connectivity index (χ0v) is 16.7. The largest absolute Gasteiger partial charge is 0.494 e. The molecule has 0 radical (unpaired) electrons. The number of amides is 1. The molecule has 1 aliphatic heterocycles. The minimum Gasteiger partial charge on any atom is -0.494 e. The lowest BCUT2D eigenvalue weighted by Crippen LogP contribution is -2.51. The van der Waals surface area contributed by atoms with E-state index in [1.807, 2.05) is 6.92 Å². The van der Waals surface area contributed by atoms with Gasteiger partial charge in [-0.1, -0.05) is 13.8 Å². The number of esters is 1. The lowest BCUT2D eigenvalue weighted by Gasteiger charge is -2.33. The van der Waals surface area contributed by atoms with Crippen molar-refractivity contribution >= 4 is 21.9 Å². The Hall–Kier alpha value is -2.13. The zero-order valence-electron chi connectivity index (χ0n) is 15.9. The van der Waals surface area contributed by atoms with E-state index in [1.165, 1.54) is 21.3 Å². The van der Waals surface area contributed by atoms with Crippen molar-refractivity contribution in [1.82, 2.24) is 9.21 Å². The molecule has 1 aliphatic rings. The summed E-state index contributed by atoms with van der Waals surface area (Å²) in [4.78, 5) is 25.3. The quantitative estimate of drug-likeness (QED) is 0.639. The molecule has 0 aliphatic carbocycles. The van der Waals surface area contributed by atoms with Crippen molar-refractivity contribution in [3.05, 3.63) is 24.3 Å². The average Bonchev–Trinajstić information content (AvgIpc) is 2.66. The van der Waals surface area contributed by atoms with Gasteiger partial charge in [0.2, 0.25) is 10.0 Å². The minimum absolute atomic E-state index is 0.191. The Kier molecular flexibility index (Phi) is 7.20. The van der Waals surface area contributed by atoms with Crippen molar-refractivity contribution in [3.8, 4) is 5.75 Å². The molecule has 1 aromatic carbocycles. The van der Waals surface area contributed by atoms with Gasteiger partial charge in [-0.05, 0) is 31.2 Å². The lowest BCUT2D eigenvalue weighted by atomic mass is 10.2. The van der Waals surface area contributed by atoms with Crippen LogP contribution in [0, 0.1) is 5.92 Å². The molecule has 0 bridgehead atoms. The SMILES string of the molecule is CCOc1ccc(S(=O)(=O)N2CCN(C(=O)COC(=O)C(C)C)CC2)cc1. The van der Waals surface area contributed by atoms with Gasteiger partial charge >= 0.3 is 5.97 Å². The fourth-order valence-electron chi connectivity index (χ4n) is 2.59.